The van der Waals surface area contributed by atoms with Crippen molar-refractivity contribution in [2.45, 2.75) is 25.3 Å². The average molecular weight is 291 g/mol. The number of piperidine rings is 1. The number of carbonyl (C=O) groups is 1. The third-order valence-corrected chi connectivity index (χ3v) is 4.15. The van der Waals surface area contributed by atoms with Gasteiger partial charge < -0.3 is 15.1 Å². The maximum absolute atomic E-state index is 12.0. The van der Waals surface area contributed by atoms with Crippen LogP contribution in [0.5, 0.6) is 0 Å². The molecule has 0 bridgehead atoms. The third kappa shape index (κ3) is 3.26. The van der Waals surface area contributed by atoms with E-state index < -0.39 is 0 Å². The van der Waals surface area contributed by atoms with Crippen molar-refractivity contribution in [1.29, 1.82) is 0 Å². The molecule has 5 nitrogen and oxygen atoms in total. The van der Waals surface area contributed by atoms with Crippen LogP contribution in [0.3, 0.4) is 0 Å². The topological polar surface area (TPSA) is 67.2 Å². The summed E-state index contributed by atoms with van der Waals surface area (Å²) in [5.74, 6) is 0.590. The van der Waals surface area contributed by atoms with Gasteiger partial charge >= 0.3 is 0 Å². The molecule has 1 aliphatic heterocycles. The van der Waals surface area contributed by atoms with Crippen LogP contribution in [0.15, 0.2) is 28.2 Å². The minimum Gasteiger partial charge on any atom is -0.444 e. The van der Waals surface area contributed by atoms with Gasteiger partial charge in [0.2, 0.25) is 11.8 Å². The number of amides is 1. The number of thiophene rings is 1. The number of nitrogens with zero attached hydrogens (tertiary/aromatic N) is 1. The Morgan fingerprint density at radius 3 is 3.30 bits per heavy atom. The van der Waals surface area contributed by atoms with E-state index in [2.05, 4.69) is 15.6 Å². The van der Waals surface area contributed by atoms with E-state index in [0.29, 0.717) is 11.6 Å². The molecule has 1 saturated heterocycles. The lowest BCUT2D eigenvalue weighted by Crippen LogP contribution is -2.46. The standard InChI is InChI=1S/C14H17N3O2S/c18-13(16-10-3-1-5-15-8-10)7-11-9-19-14(17-11)12-4-2-6-20-12/h2,4,6,9-10,15H,1,3,5,7-8H2,(H,16,18). The number of carbonyl (C=O) groups excluding carboxylic acids is 1. The Hall–Kier alpha value is -1.66. The number of oxazole rings is 1. The number of hydrogen-bond acceptors (Lipinski definition) is 5. The summed E-state index contributed by atoms with van der Waals surface area (Å²) in [5, 5.41) is 8.28. The van der Waals surface area contributed by atoms with E-state index in [1.807, 2.05) is 17.5 Å². The Labute approximate surface area is 121 Å². The van der Waals surface area contributed by atoms with Crippen LogP contribution < -0.4 is 10.6 Å². The first kappa shape index (κ1) is 13.3. The van der Waals surface area contributed by atoms with Crippen LogP contribution in [0.2, 0.25) is 0 Å². The summed E-state index contributed by atoms with van der Waals surface area (Å²) in [6.45, 7) is 1.89. The van der Waals surface area contributed by atoms with Crippen molar-refractivity contribution < 1.29 is 9.21 Å². The maximum Gasteiger partial charge on any atom is 0.236 e. The minimum absolute atomic E-state index is 0.00438. The van der Waals surface area contributed by atoms with Crippen LogP contribution in [0.25, 0.3) is 10.8 Å². The molecule has 6 heteroatoms. The summed E-state index contributed by atoms with van der Waals surface area (Å²) in [6.07, 6.45) is 3.98. The summed E-state index contributed by atoms with van der Waals surface area (Å²) in [5.41, 5.74) is 0.676. The van der Waals surface area contributed by atoms with Gasteiger partial charge in [0.05, 0.1) is 17.0 Å². The highest BCUT2D eigenvalue weighted by Crippen LogP contribution is 2.23. The Bertz CT molecular complexity index is 559. The molecule has 20 heavy (non-hydrogen) atoms. The molecule has 0 aliphatic carbocycles. The fourth-order valence-electron chi connectivity index (χ4n) is 2.32. The van der Waals surface area contributed by atoms with E-state index in [1.54, 1.807) is 17.6 Å². The van der Waals surface area contributed by atoms with Crippen LogP contribution in [-0.4, -0.2) is 30.0 Å². The second kappa shape index (κ2) is 6.19. The molecule has 0 saturated carbocycles. The van der Waals surface area contributed by atoms with E-state index in [9.17, 15) is 4.79 Å². The zero-order chi connectivity index (χ0) is 13.8. The fraction of sp³-hybridized carbons (Fsp3) is 0.429. The summed E-state index contributed by atoms with van der Waals surface area (Å²) in [7, 11) is 0. The molecule has 2 N–H and O–H groups in total. The van der Waals surface area contributed by atoms with E-state index in [0.717, 1.165) is 30.8 Å². The van der Waals surface area contributed by atoms with E-state index in [-0.39, 0.29) is 18.4 Å². The van der Waals surface area contributed by atoms with Gasteiger partial charge in [-0.2, -0.15) is 0 Å². The van der Waals surface area contributed by atoms with Crippen LogP contribution in [0, 0.1) is 0 Å². The highest BCUT2D eigenvalue weighted by molar-refractivity contribution is 7.13. The van der Waals surface area contributed by atoms with Crippen molar-refractivity contribution in [1.82, 2.24) is 15.6 Å². The van der Waals surface area contributed by atoms with Crippen molar-refractivity contribution in [3.8, 4) is 10.8 Å². The van der Waals surface area contributed by atoms with E-state index >= 15 is 0 Å². The molecule has 3 rings (SSSR count). The van der Waals surface area contributed by atoms with Crippen molar-refractivity contribution >= 4 is 17.2 Å². The second-order valence-electron chi connectivity index (χ2n) is 4.91. The van der Waals surface area contributed by atoms with E-state index in [1.165, 1.54) is 0 Å². The molecule has 0 radical (unpaired) electrons. The lowest BCUT2D eigenvalue weighted by Gasteiger charge is -2.23. The normalized spacial score (nSPS) is 18.9. The molecule has 2 aromatic rings. The first-order valence-electron chi connectivity index (χ1n) is 6.79. The van der Waals surface area contributed by atoms with Gasteiger partial charge in [0.25, 0.3) is 0 Å². The fourth-order valence-corrected chi connectivity index (χ4v) is 2.98. The lowest BCUT2D eigenvalue weighted by atomic mass is 10.1. The molecule has 1 atom stereocenters. The zero-order valence-corrected chi connectivity index (χ0v) is 11.9. The van der Waals surface area contributed by atoms with Crippen molar-refractivity contribution in [2.75, 3.05) is 13.1 Å². The summed E-state index contributed by atoms with van der Waals surface area (Å²) in [6, 6.07) is 4.14. The van der Waals surface area contributed by atoms with Crippen LogP contribution in [-0.2, 0) is 11.2 Å². The minimum atomic E-state index is 0.00438. The highest BCUT2D eigenvalue weighted by atomic mass is 32.1. The van der Waals surface area contributed by atoms with Crippen molar-refractivity contribution in [3.63, 3.8) is 0 Å². The summed E-state index contributed by atoms with van der Waals surface area (Å²) in [4.78, 5) is 17.3. The third-order valence-electron chi connectivity index (χ3n) is 3.29. The Morgan fingerprint density at radius 1 is 1.60 bits per heavy atom. The van der Waals surface area contributed by atoms with Gasteiger partial charge in [-0.15, -0.1) is 11.3 Å². The van der Waals surface area contributed by atoms with Gasteiger partial charge in [0.1, 0.15) is 6.26 Å². The molecule has 106 valence electrons. The Balaban J connectivity index is 1.56. The van der Waals surface area contributed by atoms with Crippen molar-refractivity contribution in [2.24, 2.45) is 0 Å². The number of aromatic nitrogens is 1. The summed E-state index contributed by atoms with van der Waals surface area (Å²) >= 11 is 1.57. The molecule has 1 unspecified atom stereocenters. The van der Waals surface area contributed by atoms with E-state index in [4.69, 9.17) is 4.42 Å². The predicted octanol–water partition coefficient (Wildman–Crippen LogP) is 1.81. The smallest absolute Gasteiger partial charge is 0.236 e. The molecular weight excluding hydrogens is 274 g/mol. The predicted molar refractivity (Wildman–Crippen MR) is 77.6 cm³/mol. The largest absolute Gasteiger partial charge is 0.444 e. The van der Waals surface area contributed by atoms with Crippen LogP contribution >= 0.6 is 11.3 Å². The Morgan fingerprint density at radius 2 is 2.55 bits per heavy atom. The number of rotatable bonds is 4. The average Bonchev–Trinajstić information content (AvgIpc) is 3.10. The highest BCUT2D eigenvalue weighted by Gasteiger charge is 2.17. The first-order chi connectivity index (χ1) is 9.81. The zero-order valence-electron chi connectivity index (χ0n) is 11.1. The molecule has 1 amide bonds. The van der Waals surface area contributed by atoms with Crippen molar-refractivity contribution in [3.05, 3.63) is 29.5 Å². The number of nitrogens with one attached hydrogen (secondary N) is 2. The molecule has 0 aromatic carbocycles. The van der Waals surface area contributed by atoms with Gasteiger partial charge in [-0.3, -0.25) is 4.79 Å². The molecule has 0 spiro atoms. The summed E-state index contributed by atoms with van der Waals surface area (Å²) < 4.78 is 5.41. The van der Waals surface area contributed by atoms with Gasteiger partial charge in [0, 0.05) is 12.6 Å². The monoisotopic (exact) mass is 291 g/mol. The number of hydrogen-bond donors (Lipinski definition) is 2. The molecule has 3 heterocycles. The van der Waals surface area contributed by atoms with Gasteiger partial charge in [-0.25, -0.2) is 4.98 Å². The molecule has 2 aromatic heterocycles. The first-order valence-corrected chi connectivity index (χ1v) is 7.67. The van der Waals surface area contributed by atoms with Crippen LogP contribution in [0.4, 0.5) is 0 Å². The van der Waals surface area contributed by atoms with Gasteiger partial charge in [-0.1, -0.05) is 6.07 Å². The maximum atomic E-state index is 12.0. The second-order valence-corrected chi connectivity index (χ2v) is 5.86. The molecule has 1 aliphatic rings. The van der Waals surface area contributed by atoms with Gasteiger partial charge in [0.15, 0.2) is 0 Å². The molecular formula is C14H17N3O2S. The lowest BCUT2D eigenvalue weighted by molar-refractivity contribution is -0.121. The quantitative estimate of drug-likeness (QED) is 0.901. The van der Waals surface area contributed by atoms with Crippen LogP contribution in [0.1, 0.15) is 18.5 Å². The SMILES string of the molecule is O=C(Cc1coc(-c2cccs2)n1)NC1CCCNC1. The molecule has 1 fully saturated rings. The van der Waals surface area contributed by atoms with Gasteiger partial charge in [-0.05, 0) is 30.8 Å². The Kier molecular flexibility index (Phi) is 4.13.